The standard InChI is InChI=1S/C12H13FN2O/c13-7-1-2-9-3-5-10(6-4-9)11-8-15-16-12(11)14/h3-6,8H,1-2,7,14H2. The summed E-state index contributed by atoms with van der Waals surface area (Å²) in [5, 5.41) is 3.62. The Morgan fingerprint density at radius 3 is 2.56 bits per heavy atom. The Morgan fingerprint density at radius 2 is 2.00 bits per heavy atom. The molecule has 0 fully saturated rings. The van der Waals surface area contributed by atoms with Crippen LogP contribution in [0.25, 0.3) is 11.1 Å². The van der Waals surface area contributed by atoms with E-state index in [1.165, 1.54) is 0 Å². The summed E-state index contributed by atoms with van der Waals surface area (Å²) in [6.07, 6.45) is 2.91. The Labute approximate surface area is 93.1 Å². The van der Waals surface area contributed by atoms with Crippen LogP contribution in [-0.2, 0) is 6.42 Å². The average Bonchev–Trinajstić information content (AvgIpc) is 2.74. The molecule has 0 unspecified atom stereocenters. The van der Waals surface area contributed by atoms with Gasteiger partial charge in [0, 0.05) is 0 Å². The van der Waals surface area contributed by atoms with Crippen LogP contribution in [0.15, 0.2) is 35.0 Å². The molecule has 4 heteroatoms. The van der Waals surface area contributed by atoms with Crippen molar-refractivity contribution in [1.29, 1.82) is 0 Å². The second kappa shape index (κ2) is 4.79. The second-order valence-electron chi connectivity index (χ2n) is 3.59. The fraction of sp³-hybridized carbons (Fsp3) is 0.250. The Hall–Kier alpha value is -1.84. The van der Waals surface area contributed by atoms with Crippen molar-refractivity contribution in [3.05, 3.63) is 36.0 Å². The number of hydrogen-bond acceptors (Lipinski definition) is 3. The molecule has 0 saturated carbocycles. The molecule has 0 atom stereocenters. The Kier molecular flexibility index (Phi) is 3.19. The third-order valence-electron chi connectivity index (χ3n) is 2.46. The molecule has 2 rings (SSSR count). The van der Waals surface area contributed by atoms with Crippen molar-refractivity contribution >= 4 is 5.88 Å². The van der Waals surface area contributed by atoms with Gasteiger partial charge in [-0.1, -0.05) is 29.4 Å². The van der Waals surface area contributed by atoms with Crippen LogP contribution in [0.4, 0.5) is 10.3 Å². The van der Waals surface area contributed by atoms with Crippen molar-refractivity contribution in [2.75, 3.05) is 12.4 Å². The first-order valence-electron chi connectivity index (χ1n) is 5.16. The van der Waals surface area contributed by atoms with Crippen LogP contribution in [0, 0.1) is 0 Å². The normalized spacial score (nSPS) is 10.6. The predicted octanol–water partition coefficient (Wildman–Crippen LogP) is 2.83. The van der Waals surface area contributed by atoms with Gasteiger partial charge in [-0.2, -0.15) is 0 Å². The highest BCUT2D eigenvalue weighted by Crippen LogP contribution is 2.25. The van der Waals surface area contributed by atoms with Crippen molar-refractivity contribution in [2.45, 2.75) is 12.8 Å². The van der Waals surface area contributed by atoms with Crippen LogP contribution in [0.5, 0.6) is 0 Å². The van der Waals surface area contributed by atoms with E-state index in [1.807, 2.05) is 24.3 Å². The minimum atomic E-state index is -0.277. The van der Waals surface area contributed by atoms with Crippen LogP contribution in [0.3, 0.4) is 0 Å². The summed E-state index contributed by atoms with van der Waals surface area (Å²) >= 11 is 0. The fourth-order valence-electron chi connectivity index (χ4n) is 1.59. The number of halogens is 1. The fourth-order valence-corrected chi connectivity index (χ4v) is 1.59. The smallest absolute Gasteiger partial charge is 0.229 e. The number of hydrogen-bond donors (Lipinski definition) is 1. The number of alkyl halides is 1. The van der Waals surface area contributed by atoms with Crippen molar-refractivity contribution in [2.24, 2.45) is 0 Å². The highest BCUT2D eigenvalue weighted by molar-refractivity contribution is 5.71. The van der Waals surface area contributed by atoms with Crippen molar-refractivity contribution in [3.8, 4) is 11.1 Å². The summed E-state index contributed by atoms with van der Waals surface area (Å²) < 4.78 is 16.8. The van der Waals surface area contributed by atoms with Gasteiger partial charge >= 0.3 is 0 Å². The molecule has 0 radical (unpaired) electrons. The summed E-state index contributed by atoms with van der Waals surface area (Å²) in [6, 6.07) is 7.82. The van der Waals surface area contributed by atoms with Crippen molar-refractivity contribution < 1.29 is 8.91 Å². The molecule has 16 heavy (non-hydrogen) atoms. The van der Waals surface area contributed by atoms with E-state index in [1.54, 1.807) is 6.20 Å². The van der Waals surface area contributed by atoms with Gasteiger partial charge in [0.05, 0.1) is 18.4 Å². The van der Waals surface area contributed by atoms with Gasteiger partial charge in [-0.3, -0.25) is 4.39 Å². The van der Waals surface area contributed by atoms with E-state index in [2.05, 4.69) is 5.16 Å². The van der Waals surface area contributed by atoms with E-state index >= 15 is 0 Å². The van der Waals surface area contributed by atoms with E-state index in [0.29, 0.717) is 12.3 Å². The molecule has 0 aliphatic carbocycles. The van der Waals surface area contributed by atoms with E-state index in [-0.39, 0.29) is 6.67 Å². The molecule has 0 amide bonds. The third-order valence-corrected chi connectivity index (χ3v) is 2.46. The minimum Gasteiger partial charge on any atom is -0.367 e. The maximum atomic E-state index is 12.0. The topological polar surface area (TPSA) is 52.0 Å². The van der Waals surface area contributed by atoms with Gasteiger partial charge < -0.3 is 10.3 Å². The number of nitrogens with two attached hydrogens (primary N) is 1. The summed E-state index contributed by atoms with van der Waals surface area (Å²) in [4.78, 5) is 0. The first-order valence-corrected chi connectivity index (χ1v) is 5.16. The lowest BCUT2D eigenvalue weighted by atomic mass is 10.0. The van der Waals surface area contributed by atoms with Gasteiger partial charge in [0.15, 0.2) is 0 Å². The Balaban J connectivity index is 2.16. The quantitative estimate of drug-likeness (QED) is 0.861. The first kappa shape index (κ1) is 10.7. The van der Waals surface area contributed by atoms with Crippen LogP contribution in [-0.4, -0.2) is 11.8 Å². The lowest BCUT2D eigenvalue weighted by molar-refractivity contribution is 0.436. The molecular formula is C12H13FN2O. The maximum Gasteiger partial charge on any atom is 0.229 e. The lowest BCUT2D eigenvalue weighted by Crippen LogP contribution is -1.88. The van der Waals surface area contributed by atoms with Gasteiger partial charge in [-0.25, -0.2) is 0 Å². The third kappa shape index (κ3) is 2.21. The molecule has 1 aromatic heterocycles. The largest absolute Gasteiger partial charge is 0.367 e. The Bertz CT molecular complexity index is 450. The molecular weight excluding hydrogens is 207 g/mol. The lowest BCUT2D eigenvalue weighted by Gasteiger charge is -2.01. The predicted molar refractivity (Wildman–Crippen MR) is 60.6 cm³/mol. The van der Waals surface area contributed by atoms with Crippen LogP contribution < -0.4 is 5.73 Å². The van der Waals surface area contributed by atoms with E-state index < -0.39 is 0 Å². The number of nitrogen functional groups attached to an aromatic ring is 1. The molecule has 0 bridgehead atoms. The van der Waals surface area contributed by atoms with Crippen LogP contribution in [0.2, 0.25) is 0 Å². The number of rotatable bonds is 4. The maximum absolute atomic E-state index is 12.0. The van der Waals surface area contributed by atoms with E-state index in [0.717, 1.165) is 23.1 Å². The molecule has 3 nitrogen and oxygen atoms in total. The van der Waals surface area contributed by atoms with E-state index in [4.69, 9.17) is 10.3 Å². The number of aromatic nitrogens is 1. The number of nitrogens with zero attached hydrogens (tertiary/aromatic N) is 1. The highest BCUT2D eigenvalue weighted by Gasteiger charge is 2.06. The monoisotopic (exact) mass is 220 g/mol. The molecule has 0 aliphatic heterocycles. The van der Waals surface area contributed by atoms with Crippen LogP contribution >= 0.6 is 0 Å². The number of aryl methyl sites for hydroxylation is 1. The van der Waals surface area contributed by atoms with Gasteiger partial charge in [-0.15, -0.1) is 0 Å². The molecule has 2 N–H and O–H groups in total. The molecule has 2 aromatic rings. The summed E-state index contributed by atoms with van der Waals surface area (Å²) in [6.45, 7) is -0.277. The number of benzene rings is 1. The number of anilines is 1. The molecule has 1 heterocycles. The zero-order valence-corrected chi connectivity index (χ0v) is 8.82. The van der Waals surface area contributed by atoms with Gasteiger partial charge in [0.2, 0.25) is 5.88 Å². The molecule has 0 spiro atoms. The molecule has 0 aliphatic rings. The summed E-state index contributed by atoms with van der Waals surface area (Å²) in [7, 11) is 0. The molecule has 1 aromatic carbocycles. The van der Waals surface area contributed by atoms with Crippen LogP contribution in [0.1, 0.15) is 12.0 Å². The van der Waals surface area contributed by atoms with Gasteiger partial charge in [0.1, 0.15) is 0 Å². The SMILES string of the molecule is Nc1oncc1-c1ccc(CCCF)cc1. The highest BCUT2D eigenvalue weighted by atomic mass is 19.1. The zero-order valence-electron chi connectivity index (χ0n) is 8.82. The minimum absolute atomic E-state index is 0.277. The first-order chi connectivity index (χ1) is 7.81. The average molecular weight is 220 g/mol. The van der Waals surface area contributed by atoms with Crippen molar-refractivity contribution in [1.82, 2.24) is 5.16 Å². The zero-order chi connectivity index (χ0) is 11.4. The second-order valence-corrected chi connectivity index (χ2v) is 3.59. The van der Waals surface area contributed by atoms with E-state index in [9.17, 15) is 4.39 Å². The molecule has 84 valence electrons. The summed E-state index contributed by atoms with van der Waals surface area (Å²) in [5.41, 5.74) is 8.48. The Morgan fingerprint density at radius 1 is 1.25 bits per heavy atom. The van der Waals surface area contributed by atoms with Gasteiger partial charge in [0.25, 0.3) is 0 Å². The van der Waals surface area contributed by atoms with Crippen molar-refractivity contribution in [3.63, 3.8) is 0 Å². The summed E-state index contributed by atoms with van der Waals surface area (Å²) in [5.74, 6) is 0.316. The van der Waals surface area contributed by atoms with Gasteiger partial charge in [-0.05, 0) is 24.0 Å². The molecule has 0 saturated heterocycles.